The molecule has 0 aromatic heterocycles. The van der Waals surface area contributed by atoms with Gasteiger partial charge in [0.1, 0.15) is 0 Å². The summed E-state index contributed by atoms with van der Waals surface area (Å²) < 4.78 is 0. The molecule has 1 aliphatic carbocycles. The van der Waals surface area contributed by atoms with Crippen LogP contribution in [0.2, 0.25) is 0 Å². The molecule has 1 heterocycles. The first-order valence-electron chi connectivity index (χ1n) is 6.90. The fourth-order valence-electron chi connectivity index (χ4n) is 3.34. The van der Waals surface area contributed by atoms with Crippen LogP contribution >= 0.6 is 0 Å². The Morgan fingerprint density at radius 1 is 1.17 bits per heavy atom. The molecule has 2 aliphatic rings. The highest BCUT2D eigenvalue weighted by molar-refractivity contribution is 5.91. The third kappa shape index (κ3) is 2.13. The number of carboxylic acid groups (broad SMARTS) is 1. The molecular formula is C14H23NO3. The normalized spacial score (nSPS) is 34.8. The highest BCUT2D eigenvalue weighted by Crippen LogP contribution is 2.59. The predicted molar refractivity (Wildman–Crippen MR) is 68.0 cm³/mol. The lowest BCUT2D eigenvalue weighted by Crippen LogP contribution is -2.40. The van der Waals surface area contributed by atoms with Crippen molar-refractivity contribution >= 4 is 11.9 Å². The number of carbonyl (C=O) groups is 2. The Morgan fingerprint density at radius 3 is 2.39 bits per heavy atom. The summed E-state index contributed by atoms with van der Waals surface area (Å²) in [6.45, 7) is 6.64. The molecular weight excluding hydrogens is 230 g/mol. The molecule has 3 atom stereocenters. The first-order valence-corrected chi connectivity index (χ1v) is 6.90. The van der Waals surface area contributed by atoms with Gasteiger partial charge < -0.3 is 10.0 Å². The molecule has 2 fully saturated rings. The molecule has 0 aromatic carbocycles. The Bertz CT molecular complexity index is 364. The molecule has 1 N–H and O–H groups in total. The van der Waals surface area contributed by atoms with Crippen molar-refractivity contribution in [1.29, 1.82) is 0 Å². The Kier molecular flexibility index (Phi) is 3.39. The first kappa shape index (κ1) is 13.4. The quantitative estimate of drug-likeness (QED) is 0.820. The van der Waals surface area contributed by atoms with Gasteiger partial charge >= 0.3 is 5.97 Å². The molecule has 102 valence electrons. The fraction of sp³-hybridized carbons (Fsp3) is 0.857. The van der Waals surface area contributed by atoms with Crippen molar-refractivity contribution in [2.24, 2.45) is 17.3 Å². The summed E-state index contributed by atoms with van der Waals surface area (Å²) in [4.78, 5) is 25.6. The maximum Gasteiger partial charge on any atom is 0.307 e. The second-order valence-electron chi connectivity index (χ2n) is 6.34. The molecule has 18 heavy (non-hydrogen) atoms. The van der Waals surface area contributed by atoms with Crippen molar-refractivity contribution in [3.8, 4) is 0 Å². The van der Waals surface area contributed by atoms with E-state index in [-0.39, 0.29) is 23.3 Å². The van der Waals surface area contributed by atoms with E-state index in [4.69, 9.17) is 5.11 Å². The average molecular weight is 253 g/mol. The van der Waals surface area contributed by atoms with Crippen LogP contribution in [0.15, 0.2) is 0 Å². The molecule has 0 aromatic rings. The second kappa shape index (κ2) is 4.56. The van der Waals surface area contributed by atoms with Crippen LogP contribution in [0.4, 0.5) is 0 Å². The third-order valence-corrected chi connectivity index (χ3v) is 4.70. The lowest BCUT2D eigenvalue weighted by molar-refractivity contribution is -0.142. The van der Waals surface area contributed by atoms with Gasteiger partial charge in [-0.05, 0) is 25.2 Å². The van der Waals surface area contributed by atoms with E-state index in [0.717, 1.165) is 19.4 Å². The van der Waals surface area contributed by atoms with E-state index in [1.807, 2.05) is 18.7 Å². The summed E-state index contributed by atoms with van der Waals surface area (Å²) in [5.41, 5.74) is -0.380. The minimum absolute atomic E-state index is 0.0572. The van der Waals surface area contributed by atoms with Gasteiger partial charge in [0.15, 0.2) is 0 Å². The molecule has 0 spiro atoms. The van der Waals surface area contributed by atoms with Crippen LogP contribution < -0.4 is 0 Å². The number of hydrogen-bond acceptors (Lipinski definition) is 2. The average Bonchev–Trinajstić information content (AvgIpc) is 2.91. The van der Waals surface area contributed by atoms with Crippen LogP contribution in [0, 0.1) is 17.3 Å². The lowest BCUT2D eigenvalue weighted by atomic mass is 10.1. The number of aliphatic carboxylic acids is 1. The third-order valence-electron chi connectivity index (χ3n) is 4.70. The fourth-order valence-corrected chi connectivity index (χ4v) is 3.34. The van der Waals surface area contributed by atoms with Gasteiger partial charge in [0.05, 0.1) is 11.8 Å². The number of carbonyl (C=O) groups excluding carboxylic acids is 1. The van der Waals surface area contributed by atoms with E-state index in [2.05, 4.69) is 6.92 Å². The van der Waals surface area contributed by atoms with Crippen LogP contribution in [-0.2, 0) is 9.59 Å². The lowest BCUT2D eigenvalue weighted by Gasteiger charge is -2.27. The summed E-state index contributed by atoms with van der Waals surface area (Å²) in [5, 5.41) is 9.16. The molecule has 4 heteroatoms. The topological polar surface area (TPSA) is 57.6 Å². The van der Waals surface area contributed by atoms with Gasteiger partial charge in [-0.1, -0.05) is 26.7 Å². The SMILES string of the molecule is CC1CCCCCN1C(=O)[C@H]1[C@@H](C(=O)O)C1(C)C. The van der Waals surface area contributed by atoms with E-state index >= 15 is 0 Å². The van der Waals surface area contributed by atoms with E-state index < -0.39 is 11.9 Å². The number of amides is 1. The Morgan fingerprint density at radius 2 is 1.83 bits per heavy atom. The van der Waals surface area contributed by atoms with Gasteiger partial charge in [-0.2, -0.15) is 0 Å². The monoisotopic (exact) mass is 253 g/mol. The van der Waals surface area contributed by atoms with Crippen LogP contribution in [0.5, 0.6) is 0 Å². The maximum absolute atomic E-state index is 12.5. The van der Waals surface area contributed by atoms with Gasteiger partial charge in [-0.3, -0.25) is 9.59 Å². The molecule has 4 nitrogen and oxygen atoms in total. The van der Waals surface area contributed by atoms with E-state index in [9.17, 15) is 9.59 Å². The molecule has 1 saturated carbocycles. The zero-order chi connectivity index (χ0) is 13.5. The van der Waals surface area contributed by atoms with Crippen molar-refractivity contribution in [3.63, 3.8) is 0 Å². The number of carboxylic acids is 1. The van der Waals surface area contributed by atoms with Crippen molar-refractivity contribution in [2.75, 3.05) is 6.54 Å². The van der Waals surface area contributed by atoms with Gasteiger partial charge in [0, 0.05) is 12.6 Å². The van der Waals surface area contributed by atoms with Crippen molar-refractivity contribution in [3.05, 3.63) is 0 Å². The van der Waals surface area contributed by atoms with Crippen LogP contribution in [-0.4, -0.2) is 34.5 Å². The number of hydrogen-bond donors (Lipinski definition) is 1. The molecule has 1 aliphatic heterocycles. The molecule has 1 unspecified atom stereocenters. The highest BCUT2D eigenvalue weighted by atomic mass is 16.4. The maximum atomic E-state index is 12.5. The van der Waals surface area contributed by atoms with Gasteiger partial charge in [0.25, 0.3) is 0 Å². The van der Waals surface area contributed by atoms with Gasteiger partial charge in [-0.15, -0.1) is 0 Å². The zero-order valence-corrected chi connectivity index (χ0v) is 11.5. The van der Waals surface area contributed by atoms with Crippen LogP contribution in [0.25, 0.3) is 0 Å². The number of rotatable bonds is 2. The molecule has 2 rings (SSSR count). The van der Waals surface area contributed by atoms with Gasteiger partial charge in [0.2, 0.25) is 5.91 Å². The van der Waals surface area contributed by atoms with Crippen LogP contribution in [0.1, 0.15) is 46.5 Å². The Hall–Kier alpha value is -1.06. The Labute approximate surface area is 108 Å². The van der Waals surface area contributed by atoms with E-state index in [0.29, 0.717) is 0 Å². The molecule has 0 bridgehead atoms. The second-order valence-corrected chi connectivity index (χ2v) is 6.34. The molecule has 1 amide bonds. The predicted octanol–water partition coefficient (Wildman–Crippen LogP) is 2.13. The zero-order valence-electron chi connectivity index (χ0n) is 11.5. The minimum Gasteiger partial charge on any atom is -0.481 e. The van der Waals surface area contributed by atoms with Crippen molar-refractivity contribution in [2.45, 2.75) is 52.5 Å². The smallest absolute Gasteiger partial charge is 0.307 e. The summed E-state index contributed by atoms with van der Waals surface area (Å²) >= 11 is 0. The molecule has 1 saturated heterocycles. The summed E-state index contributed by atoms with van der Waals surface area (Å²) in [5.74, 6) is -1.60. The molecule has 0 radical (unpaired) electrons. The van der Waals surface area contributed by atoms with E-state index in [1.54, 1.807) is 0 Å². The largest absolute Gasteiger partial charge is 0.481 e. The first-order chi connectivity index (χ1) is 8.37. The summed E-state index contributed by atoms with van der Waals surface area (Å²) in [7, 11) is 0. The van der Waals surface area contributed by atoms with Crippen molar-refractivity contribution in [1.82, 2.24) is 4.90 Å². The van der Waals surface area contributed by atoms with Crippen LogP contribution in [0.3, 0.4) is 0 Å². The highest BCUT2D eigenvalue weighted by Gasteiger charge is 2.66. The van der Waals surface area contributed by atoms with Gasteiger partial charge in [-0.25, -0.2) is 0 Å². The summed E-state index contributed by atoms with van der Waals surface area (Å²) in [6.07, 6.45) is 4.42. The number of likely N-dealkylation sites (tertiary alicyclic amines) is 1. The van der Waals surface area contributed by atoms with E-state index in [1.165, 1.54) is 12.8 Å². The van der Waals surface area contributed by atoms with Crippen molar-refractivity contribution < 1.29 is 14.7 Å². The minimum atomic E-state index is -0.833. The summed E-state index contributed by atoms with van der Waals surface area (Å²) in [6, 6.07) is 0.255. The standard InChI is InChI=1S/C14H23NO3/c1-9-7-5-4-6-8-15(9)12(16)10-11(13(17)18)14(10,2)3/h9-11H,4-8H2,1-3H3,(H,17,18)/t9?,10-,11+/m1/s1. The number of nitrogens with zero attached hydrogens (tertiary/aromatic N) is 1. The Balaban J connectivity index is 2.10.